The largest absolute Gasteiger partial charge is 0.360 e. The molecule has 5 nitrogen and oxygen atoms in total. The molecule has 0 bridgehead atoms. The zero-order chi connectivity index (χ0) is 15.5. The molecule has 2 aromatic rings. The highest BCUT2D eigenvalue weighted by Crippen LogP contribution is 2.31. The minimum absolute atomic E-state index is 0. The van der Waals surface area contributed by atoms with E-state index in [1.54, 1.807) is 13.0 Å². The Kier molecular flexibility index (Phi) is 6.04. The van der Waals surface area contributed by atoms with Crippen LogP contribution < -0.4 is 10.6 Å². The van der Waals surface area contributed by atoms with Crippen LogP contribution in [-0.4, -0.2) is 30.2 Å². The van der Waals surface area contributed by atoms with Crippen molar-refractivity contribution < 1.29 is 9.32 Å². The lowest BCUT2D eigenvalue weighted by Gasteiger charge is -2.23. The van der Waals surface area contributed by atoms with Gasteiger partial charge in [-0.25, -0.2) is 0 Å². The number of piperidine rings is 1. The van der Waals surface area contributed by atoms with Crippen LogP contribution in [0.1, 0.15) is 29.0 Å². The predicted octanol–water partition coefficient (Wildman–Crippen LogP) is 3.21. The number of rotatable bonds is 3. The zero-order valence-electron chi connectivity index (χ0n) is 12.8. The number of carbonyl (C=O) groups is 1. The molecule has 1 aromatic carbocycles. The van der Waals surface area contributed by atoms with Crippen molar-refractivity contribution in [3.63, 3.8) is 0 Å². The summed E-state index contributed by atoms with van der Waals surface area (Å²) < 4.78 is 5.23. The Hall–Kier alpha value is -1.56. The van der Waals surface area contributed by atoms with Gasteiger partial charge in [-0.3, -0.25) is 4.79 Å². The topological polar surface area (TPSA) is 67.2 Å². The summed E-state index contributed by atoms with van der Waals surface area (Å²) in [6, 6.07) is 7.44. The lowest BCUT2D eigenvalue weighted by molar-refractivity contribution is 0.0929. The predicted molar refractivity (Wildman–Crippen MR) is 92.3 cm³/mol. The van der Waals surface area contributed by atoms with E-state index < -0.39 is 0 Å². The van der Waals surface area contributed by atoms with Crippen LogP contribution in [0.4, 0.5) is 0 Å². The molecule has 1 aliphatic rings. The fraction of sp³-hybridized carbons (Fsp3) is 0.375. The summed E-state index contributed by atoms with van der Waals surface area (Å²) >= 11 is 6.21. The van der Waals surface area contributed by atoms with E-state index in [1.807, 2.05) is 18.2 Å². The number of benzene rings is 1. The second-order valence-electron chi connectivity index (χ2n) is 5.46. The van der Waals surface area contributed by atoms with Crippen LogP contribution in [0.2, 0.25) is 5.02 Å². The van der Waals surface area contributed by atoms with Gasteiger partial charge in [0.15, 0.2) is 0 Å². The van der Waals surface area contributed by atoms with Crippen molar-refractivity contribution in [2.45, 2.75) is 25.8 Å². The Morgan fingerprint density at radius 3 is 2.91 bits per heavy atom. The Balaban J connectivity index is 0.00000192. The second kappa shape index (κ2) is 7.81. The quantitative estimate of drug-likeness (QED) is 0.886. The number of aromatic nitrogens is 1. The van der Waals surface area contributed by atoms with Crippen LogP contribution >= 0.6 is 24.0 Å². The highest BCUT2D eigenvalue weighted by atomic mass is 35.5. The minimum atomic E-state index is -0.164. The molecule has 1 aliphatic heterocycles. The average molecular weight is 356 g/mol. The summed E-state index contributed by atoms with van der Waals surface area (Å²) in [4.78, 5) is 12.6. The van der Waals surface area contributed by atoms with E-state index in [0.29, 0.717) is 27.6 Å². The minimum Gasteiger partial charge on any atom is -0.360 e. The van der Waals surface area contributed by atoms with E-state index in [0.717, 1.165) is 25.9 Å². The number of nitrogens with zero attached hydrogens (tertiary/aromatic N) is 1. The van der Waals surface area contributed by atoms with Gasteiger partial charge in [0, 0.05) is 18.2 Å². The molecular weight excluding hydrogens is 337 g/mol. The highest BCUT2D eigenvalue weighted by Gasteiger charge is 2.25. The highest BCUT2D eigenvalue weighted by molar-refractivity contribution is 6.33. The van der Waals surface area contributed by atoms with E-state index in [9.17, 15) is 4.79 Å². The zero-order valence-corrected chi connectivity index (χ0v) is 14.3. The van der Waals surface area contributed by atoms with Crippen molar-refractivity contribution in [2.24, 2.45) is 0 Å². The van der Waals surface area contributed by atoms with Gasteiger partial charge in [-0.15, -0.1) is 12.4 Å². The number of nitrogens with one attached hydrogen (secondary N) is 2. The van der Waals surface area contributed by atoms with Crippen LogP contribution in [-0.2, 0) is 0 Å². The molecule has 0 spiro atoms. The molecule has 1 atom stereocenters. The van der Waals surface area contributed by atoms with Crippen LogP contribution in [0.15, 0.2) is 28.8 Å². The normalized spacial score (nSPS) is 17.4. The van der Waals surface area contributed by atoms with E-state index >= 15 is 0 Å². The molecule has 0 aliphatic carbocycles. The molecule has 0 radical (unpaired) electrons. The Bertz CT molecular complexity index is 682. The summed E-state index contributed by atoms with van der Waals surface area (Å²) in [7, 11) is 0. The van der Waals surface area contributed by atoms with Crippen molar-refractivity contribution >= 4 is 29.9 Å². The summed E-state index contributed by atoms with van der Waals surface area (Å²) in [5.41, 5.74) is 1.65. The molecule has 1 unspecified atom stereocenters. The molecular formula is C16H19Cl2N3O2. The Labute approximate surface area is 146 Å². The first kappa shape index (κ1) is 17.8. The number of hydrogen-bond acceptors (Lipinski definition) is 4. The molecule has 1 fully saturated rings. The van der Waals surface area contributed by atoms with Gasteiger partial charge >= 0.3 is 0 Å². The van der Waals surface area contributed by atoms with Gasteiger partial charge in [-0.1, -0.05) is 35.0 Å². The molecule has 3 rings (SSSR count). The number of hydrogen-bond donors (Lipinski definition) is 2. The summed E-state index contributed by atoms with van der Waals surface area (Å²) in [6.45, 7) is 3.53. The summed E-state index contributed by atoms with van der Waals surface area (Å²) in [5.74, 6) is 0.332. The van der Waals surface area contributed by atoms with Gasteiger partial charge in [0.05, 0.1) is 5.02 Å². The molecule has 7 heteroatoms. The van der Waals surface area contributed by atoms with Gasteiger partial charge in [0.1, 0.15) is 17.0 Å². The number of amides is 1. The monoisotopic (exact) mass is 355 g/mol. The first-order valence-electron chi connectivity index (χ1n) is 7.39. The van der Waals surface area contributed by atoms with Gasteiger partial charge in [0.2, 0.25) is 0 Å². The number of carbonyl (C=O) groups excluding carboxylic acids is 1. The van der Waals surface area contributed by atoms with Gasteiger partial charge in [-0.2, -0.15) is 0 Å². The van der Waals surface area contributed by atoms with Crippen molar-refractivity contribution in [1.29, 1.82) is 0 Å². The lowest BCUT2D eigenvalue weighted by atomic mass is 10.0. The standard InChI is InChI=1S/C16H18ClN3O2.ClH/c1-10-14(16(21)19-11-5-4-8-18-9-11)15(20-22-10)12-6-2-3-7-13(12)17;/h2-3,6-7,11,18H,4-5,8-9H2,1H3,(H,19,21);1H. The third-order valence-electron chi connectivity index (χ3n) is 3.85. The molecule has 1 saturated heterocycles. The summed E-state index contributed by atoms with van der Waals surface area (Å²) in [5, 5.41) is 10.9. The van der Waals surface area contributed by atoms with Crippen LogP contribution in [0.3, 0.4) is 0 Å². The molecule has 23 heavy (non-hydrogen) atoms. The Morgan fingerprint density at radius 1 is 1.43 bits per heavy atom. The fourth-order valence-corrected chi connectivity index (χ4v) is 2.93. The van der Waals surface area contributed by atoms with Gasteiger partial charge in [-0.05, 0) is 32.4 Å². The molecule has 2 heterocycles. The molecule has 124 valence electrons. The van der Waals surface area contributed by atoms with E-state index in [4.69, 9.17) is 16.1 Å². The van der Waals surface area contributed by atoms with E-state index in [-0.39, 0.29) is 24.4 Å². The van der Waals surface area contributed by atoms with Crippen LogP contribution in [0.25, 0.3) is 11.3 Å². The van der Waals surface area contributed by atoms with Crippen molar-refractivity contribution in [2.75, 3.05) is 13.1 Å². The van der Waals surface area contributed by atoms with E-state index in [1.165, 1.54) is 0 Å². The van der Waals surface area contributed by atoms with Gasteiger partial charge < -0.3 is 15.2 Å². The lowest BCUT2D eigenvalue weighted by Crippen LogP contribution is -2.45. The summed E-state index contributed by atoms with van der Waals surface area (Å²) in [6.07, 6.45) is 2.04. The second-order valence-corrected chi connectivity index (χ2v) is 5.87. The molecule has 2 N–H and O–H groups in total. The smallest absolute Gasteiger partial charge is 0.257 e. The average Bonchev–Trinajstić information content (AvgIpc) is 2.90. The maximum absolute atomic E-state index is 12.6. The SMILES string of the molecule is Cc1onc(-c2ccccc2Cl)c1C(=O)NC1CCCNC1.Cl. The van der Waals surface area contributed by atoms with Crippen molar-refractivity contribution in [3.05, 3.63) is 40.6 Å². The van der Waals surface area contributed by atoms with Crippen molar-refractivity contribution in [3.8, 4) is 11.3 Å². The molecule has 1 amide bonds. The number of aryl methyl sites for hydroxylation is 1. The molecule has 0 saturated carbocycles. The third kappa shape index (κ3) is 3.86. The molecule has 1 aromatic heterocycles. The third-order valence-corrected chi connectivity index (χ3v) is 4.18. The van der Waals surface area contributed by atoms with E-state index in [2.05, 4.69) is 15.8 Å². The van der Waals surface area contributed by atoms with Crippen LogP contribution in [0.5, 0.6) is 0 Å². The fourth-order valence-electron chi connectivity index (χ4n) is 2.71. The first-order valence-corrected chi connectivity index (χ1v) is 7.77. The number of halogens is 2. The van der Waals surface area contributed by atoms with Gasteiger partial charge in [0.25, 0.3) is 5.91 Å². The Morgan fingerprint density at radius 2 is 2.22 bits per heavy atom. The van der Waals surface area contributed by atoms with Crippen molar-refractivity contribution in [1.82, 2.24) is 15.8 Å². The maximum atomic E-state index is 12.6. The maximum Gasteiger partial charge on any atom is 0.257 e. The van der Waals surface area contributed by atoms with Crippen LogP contribution in [0, 0.1) is 6.92 Å². The first-order chi connectivity index (χ1) is 10.7.